The molecule has 2 atom stereocenters. The van der Waals surface area contributed by atoms with Gasteiger partial charge in [0.25, 0.3) is 0 Å². The molecule has 0 saturated heterocycles. The lowest BCUT2D eigenvalue weighted by Gasteiger charge is -2.26. The number of hydrogen-bond donors (Lipinski definition) is 0. The summed E-state index contributed by atoms with van der Waals surface area (Å²) < 4.78 is 22.8. The summed E-state index contributed by atoms with van der Waals surface area (Å²) in [5.41, 5.74) is 0. The molecule has 0 spiro atoms. The predicted molar refractivity (Wildman–Crippen MR) is 334 cm³/mol. The van der Waals surface area contributed by atoms with Crippen LogP contribution in [-0.4, -0.2) is 82.3 Å². The van der Waals surface area contributed by atoms with Gasteiger partial charge in [0.05, 0.1) is 40.3 Å². The van der Waals surface area contributed by atoms with Crippen molar-refractivity contribution in [1.29, 1.82) is 0 Å². The van der Waals surface area contributed by atoms with Crippen molar-refractivity contribution in [2.24, 2.45) is 0 Å². The van der Waals surface area contributed by atoms with Gasteiger partial charge in [0, 0.05) is 12.8 Å². The zero-order valence-electron chi connectivity index (χ0n) is 52.5. The minimum absolute atomic E-state index is 0.150. The van der Waals surface area contributed by atoms with E-state index in [9.17, 15) is 19.5 Å². The number of allylic oxidation sites excluding steroid dienone is 10. The van der Waals surface area contributed by atoms with Gasteiger partial charge in [-0.25, -0.2) is 0 Å². The highest BCUT2D eigenvalue weighted by Crippen LogP contribution is 2.18. The molecule has 9 heteroatoms. The fourth-order valence-electron chi connectivity index (χ4n) is 9.68. The molecule has 0 aliphatic rings. The van der Waals surface area contributed by atoms with Crippen LogP contribution in [-0.2, 0) is 33.3 Å². The molecule has 79 heavy (non-hydrogen) atoms. The quantitative estimate of drug-likeness (QED) is 0.0195. The highest BCUT2D eigenvalue weighted by molar-refractivity contribution is 5.70. The van der Waals surface area contributed by atoms with Crippen LogP contribution in [0.25, 0.3) is 0 Å². The maximum Gasteiger partial charge on any atom is 0.306 e. The van der Waals surface area contributed by atoms with E-state index in [0.29, 0.717) is 23.9 Å². The number of esters is 2. The number of hydrogen-bond acceptors (Lipinski definition) is 8. The summed E-state index contributed by atoms with van der Waals surface area (Å²) in [4.78, 5) is 37.4. The summed E-state index contributed by atoms with van der Waals surface area (Å²) in [6.07, 6.45) is 75.8. The SMILES string of the molecule is CC/C=C\C/C=C\C/C=C\C/C=C\C/C=C\CCCCCCCCCCCCCCCCCCCCCC(=O)OC(COC(=O)CCCCCCCCCCCCCCCCCCCCC)COC(OCC[N+](C)(C)C)C(=O)[O-]. The van der Waals surface area contributed by atoms with Crippen LogP contribution in [0.3, 0.4) is 0 Å². The summed E-state index contributed by atoms with van der Waals surface area (Å²) in [5.74, 6) is -2.26. The molecule has 2 unspecified atom stereocenters. The van der Waals surface area contributed by atoms with Crippen molar-refractivity contribution in [3.8, 4) is 0 Å². The molecule has 0 bridgehead atoms. The minimum Gasteiger partial charge on any atom is -0.545 e. The monoisotopic (exact) mass is 1110 g/mol. The molecule has 0 rings (SSSR count). The highest BCUT2D eigenvalue weighted by atomic mass is 16.7. The Morgan fingerprint density at radius 2 is 0.722 bits per heavy atom. The molecule has 0 aromatic rings. The van der Waals surface area contributed by atoms with Crippen molar-refractivity contribution in [1.82, 2.24) is 0 Å². The molecule has 460 valence electrons. The van der Waals surface area contributed by atoms with Gasteiger partial charge >= 0.3 is 11.9 Å². The summed E-state index contributed by atoms with van der Waals surface area (Å²) in [7, 11) is 5.94. The lowest BCUT2D eigenvalue weighted by molar-refractivity contribution is -0.870. The van der Waals surface area contributed by atoms with Gasteiger partial charge < -0.3 is 33.3 Å². The predicted octanol–water partition coefficient (Wildman–Crippen LogP) is 19.0. The Morgan fingerprint density at radius 1 is 0.392 bits per heavy atom. The van der Waals surface area contributed by atoms with Crippen LogP contribution in [0.4, 0.5) is 0 Å². The molecule has 0 aliphatic heterocycles. The van der Waals surface area contributed by atoms with E-state index in [1.807, 2.05) is 21.1 Å². The zero-order chi connectivity index (χ0) is 57.6. The molecule has 0 heterocycles. The number of ether oxygens (including phenoxy) is 4. The number of unbranched alkanes of at least 4 members (excludes halogenated alkanes) is 37. The summed E-state index contributed by atoms with van der Waals surface area (Å²) in [6.45, 7) is 4.69. The van der Waals surface area contributed by atoms with Gasteiger partial charge in [-0.3, -0.25) is 9.59 Å². The van der Waals surface area contributed by atoms with Crippen molar-refractivity contribution in [2.45, 2.75) is 322 Å². The van der Waals surface area contributed by atoms with Crippen LogP contribution in [0.2, 0.25) is 0 Å². The number of carbonyl (C=O) groups excluding carboxylic acids is 3. The second-order valence-corrected chi connectivity index (χ2v) is 23.7. The molecule has 0 saturated carbocycles. The van der Waals surface area contributed by atoms with Gasteiger partial charge in [0.1, 0.15) is 13.2 Å². The molecular weight excluding hydrogens is 983 g/mol. The van der Waals surface area contributed by atoms with Crippen molar-refractivity contribution in [3.63, 3.8) is 0 Å². The Bertz CT molecular complexity index is 1480. The van der Waals surface area contributed by atoms with Crippen LogP contribution < -0.4 is 5.11 Å². The number of likely N-dealkylation sites (N-methyl/N-ethyl adjacent to an activating group) is 1. The van der Waals surface area contributed by atoms with Gasteiger partial charge in [-0.2, -0.15) is 0 Å². The Labute approximate surface area is 488 Å². The van der Waals surface area contributed by atoms with Gasteiger partial charge in [-0.05, 0) is 57.8 Å². The fourth-order valence-corrected chi connectivity index (χ4v) is 9.68. The van der Waals surface area contributed by atoms with E-state index in [4.69, 9.17) is 18.9 Å². The van der Waals surface area contributed by atoms with Crippen LogP contribution >= 0.6 is 0 Å². The first-order valence-corrected chi connectivity index (χ1v) is 33.4. The van der Waals surface area contributed by atoms with Gasteiger partial charge in [-0.1, -0.05) is 299 Å². The number of rotatable bonds is 62. The van der Waals surface area contributed by atoms with E-state index in [0.717, 1.165) is 64.2 Å². The third-order valence-electron chi connectivity index (χ3n) is 14.8. The second-order valence-electron chi connectivity index (χ2n) is 23.7. The van der Waals surface area contributed by atoms with Crippen LogP contribution in [0.1, 0.15) is 309 Å². The summed E-state index contributed by atoms with van der Waals surface area (Å²) >= 11 is 0. The van der Waals surface area contributed by atoms with Crippen molar-refractivity contribution in [2.75, 3.05) is 47.5 Å². The first-order chi connectivity index (χ1) is 38.6. The lowest BCUT2D eigenvalue weighted by Crippen LogP contribution is -2.44. The third kappa shape index (κ3) is 62.4. The van der Waals surface area contributed by atoms with E-state index in [1.165, 1.54) is 212 Å². The Kier molecular flexibility index (Phi) is 58.7. The van der Waals surface area contributed by atoms with Crippen LogP contribution in [0.5, 0.6) is 0 Å². The number of quaternary nitrogens is 1. The Morgan fingerprint density at radius 3 is 1.08 bits per heavy atom. The summed E-state index contributed by atoms with van der Waals surface area (Å²) in [5, 5.41) is 11.8. The standard InChI is InChI=1S/C70H127NO8/c1-6-8-10-12-14-16-18-20-22-24-26-27-28-29-30-31-32-33-34-35-36-37-38-39-40-41-43-45-47-49-51-53-55-57-59-61-68(73)79-66(65-78-70(69(74)75)76-63-62-71(3,4)5)64-77-67(72)60-58-56-54-52-50-48-46-44-42-25-23-21-19-17-15-13-11-9-7-2/h8,10,14,16,20,22,26-27,29-30,66,70H,6-7,9,11-13,15,17-19,21,23-25,28,31-65H2,1-5H3/b10-8-,16-14-,22-20-,27-26-,30-29-. The number of carboxylic acid groups (broad SMARTS) is 1. The maximum absolute atomic E-state index is 12.9. The summed E-state index contributed by atoms with van der Waals surface area (Å²) in [6, 6.07) is 0. The van der Waals surface area contributed by atoms with E-state index in [1.54, 1.807) is 0 Å². The van der Waals surface area contributed by atoms with Crippen molar-refractivity contribution in [3.05, 3.63) is 60.8 Å². The Balaban J connectivity index is 4.05. The van der Waals surface area contributed by atoms with Crippen LogP contribution in [0, 0.1) is 0 Å². The molecule has 0 aromatic carbocycles. The van der Waals surface area contributed by atoms with Crippen molar-refractivity contribution < 1.29 is 42.9 Å². The first-order valence-electron chi connectivity index (χ1n) is 33.4. The van der Waals surface area contributed by atoms with Gasteiger partial charge in [-0.15, -0.1) is 0 Å². The molecular formula is C70H127NO8. The van der Waals surface area contributed by atoms with Crippen LogP contribution in [0.15, 0.2) is 60.8 Å². The number of carboxylic acids is 1. The van der Waals surface area contributed by atoms with Crippen molar-refractivity contribution >= 4 is 17.9 Å². The van der Waals surface area contributed by atoms with E-state index >= 15 is 0 Å². The Hall–Kier alpha value is -3.01. The smallest absolute Gasteiger partial charge is 0.306 e. The zero-order valence-corrected chi connectivity index (χ0v) is 52.5. The molecule has 0 amide bonds. The molecule has 0 fully saturated rings. The number of aliphatic carboxylic acids is 1. The fraction of sp³-hybridized carbons (Fsp3) is 0.814. The second kappa shape index (κ2) is 61.1. The van der Waals surface area contributed by atoms with E-state index in [2.05, 4.69) is 74.6 Å². The molecule has 0 aromatic heterocycles. The molecule has 9 nitrogen and oxygen atoms in total. The third-order valence-corrected chi connectivity index (χ3v) is 14.8. The number of nitrogens with zero attached hydrogens (tertiary/aromatic N) is 1. The van der Waals surface area contributed by atoms with E-state index in [-0.39, 0.29) is 32.2 Å². The highest BCUT2D eigenvalue weighted by Gasteiger charge is 2.22. The molecule has 0 N–H and O–H groups in total. The average Bonchev–Trinajstić information content (AvgIpc) is 3.42. The maximum atomic E-state index is 12.9. The largest absolute Gasteiger partial charge is 0.545 e. The topological polar surface area (TPSA) is 111 Å². The van der Waals surface area contributed by atoms with Gasteiger partial charge in [0.2, 0.25) is 0 Å². The first kappa shape index (κ1) is 76.0. The molecule has 0 radical (unpaired) electrons. The average molecular weight is 1110 g/mol. The lowest BCUT2D eigenvalue weighted by atomic mass is 10.0. The van der Waals surface area contributed by atoms with E-state index < -0.39 is 24.3 Å². The normalized spacial score (nSPS) is 13.1. The van der Waals surface area contributed by atoms with Gasteiger partial charge in [0.15, 0.2) is 12.4 Å². The molecule has 0 aliphatic carbocycles. The minimum atomic E-state index is -1.62. The number of carbonyl (C=O) groups is 3.